The summed E-state index contributed by atoms with van der Waals surface area (Å²) in [7, 11) is 3.17. The molecule has 0 spiro atoms. The van der Waals surface area contributed by atoms with E-state index in [0.717, 1.165) is 22.9 Å². The standard InChI is InChI=1S/C32H33N5O5S/c1-41-26-13-12-22(18-27(26)42-2)15-17-34-29(39)20-43-32-36-24-11-7-6-10-23(24)30-35-25(31(40)37(30)32)19-28(38)33-16-14-21-8-4-3-5-9-21/h3-13,18,25H,14-17,19-20H2,1-2H3,(H,33,38)(H,34,39)/t25-/m0/s1. The van der Waals surface area contributed by atoms with Crippen molar-refractivity contribution < 1.29 is 23.9 Å². The van der Waals surface area contributed by atoms with Gasteiger partial charge >= 0.3 is 0 Å². The number of benzene rings is 3. The molecule has 1 atom stereocenters. The van der Waals surface area contributed by atoms with Crippen molar-refractivity contribution in [2.75, 3.05) is 33.1 Å². The largest absolute Gasteiger partial charge is 0.493 e. The molecule has 0 unspecified atom stereocenters. The van der Waals surface area contributed by atoms with Gasteiger partial charge in [-0.3, -0.25) is 19.4 Å². The van der Waals surface area contributed by atoms with E-state index in [1.165, 1.54) is 4.90 Å². The van der Waals surface area contributed by atoms with Crippen LogP contribution in [0.3, 0.4) is 0 Å². The van der Waals surface area contributed by atoms with Crippen LogP contribution in [-0.2, 0) is 27.2 Å². The number of amides is 3. The van der Waals surface area contributed by atoms with E-state index in [1.54, 1.807) is 14.2 Å². The fraction of sp³-hybridized carbons (Fsp3) is 0.281. The molecule has 0 aromatic heterocycles. The summed E-state index contributed by atoms with van der Waals surface area (Å²) < 4.78 is 10.6. The van der Waals surface area contributed by atoms with E-state index in [0.29, 0.717) is 59.7 Å². The molecule has 2 aliphatic rings. The van der Waals surface area contributed by atoms with Crippen molar-refractivity contribution in [3.63, 3.8) is 0 Å². The molecular formula is C32H33N5O5S. The van der Waals surface area contributed by atoms with Crippen LogP contribution in [0.5, 0.6) is 11.5 Å². The number of nitrogens with zero attached hydrogens (tertiary/aromatic N) is 3. The van der Waals surface area contributed by atoms with Crippen molar-refractivity contribution in [3.05, 3.63) is 89.5 Å². The molecule has 43 heavy (non-hydrogen) atoms. The molecule has 0 bridgehead atoms. The van der Waals surface area contributed by atoms with Gasteiger partial charge in [0.25, 0.3) is 5.91 Å². The Bertz CT molecular complexity index is 1560. The molecule has 3 aromatic rings. The van der Waals surface area contributed by atoms with Gasteiger partial charge in [0.2, 0.25) is 11.8 Å². The normalized spacial score (nSPS) is 15.2. The zero-order valence-corrected chi connectivity index (χ0v) is 24.9. The van der Waals surface area contributed by atoms with Gasteiger partial charge in [0.15, 0.2) is 16.7 Å². The number of rotatable bonds is 12. The van der Waals surface area contributed by atoms with E-state index in [1.807, 2.05) is 72.8 Å². The van der Waals surface area contributed by atoms with Crippen LogP contribution in [-0.4, -0.2) is 72.7 Å². The van der Waals surface area contributed by atoms with Crippen LogP contribution in [0.1, 0.15) is 23.1 Å². The maximum atomic E-state index is 13.5. The molecule has 0 radical (unpaired) electrons. The molecule has 11 heteroatoms. The lowest BCUT2D eigenvalue weighted by molar-refractivity contribution is -0.128. The number of nitrogens with one attached hydrogen (secondary N) is 2. The monoisotopic (exact) mass is 599 g/mol. The molecule has 0 saturated heterocycles. The third-order valence-corrected chi connectivity index (χ3v) is 7.96. The average Bonchev–Trinajstić information content (AvgIpc) is 3.36. The Balaban J connectivity index is 1.17. The molecule has 0 aliphatic carbocycles. The van der Waals surface area contributed by atoms with E-state index < -0.39 is 6.04 Å². The summed E-state index contributed by atoms with van der Waals surface area (Å²) in [5.74, 6) is 1.03. The predicted octanol–water partition coefficient (Wildman–Crippen LogP) is 3.50. The Hall–Kier alpha value is -4.64. The molecule has 3 amide bonds. The van der Waals surface area contributed by atoms with Crippen LogP contribution in [0.15, 0.2) is 82.8 Å². The van der Waals surface area contributed by atoms with Gasteiger partial charge in [0.1, 0.15) is 11.9 Å². The second kappa shape index (κ2) is 14.0. The molecule has 0 fully saturated rings. The highest BCUT2D eigenvalue weighted by Crippen LogP contribution is 2.34. The van der Waals surface area contributed by atoms with Gasteiger partial charge in [-0.05, 0) is 48.2 Å². The van der Waals surface area contributed by atoms with Gasteiger partial charge in [0, 0.05) is 18.7 Å². The first-order chi connectivity index (χ1) is 21.0. The molecule has 3 aromatic carbocycles. The van der Waals surface area contributed by atoms with Gasteiger partial charge in [0.05, 0.1) is 32.1 Å². The lowest BCUT2D eigenvalue weighted by Gasteiger charge is -2.25. The minimum Gasteiger partial charge on any atom is -0.493 e. The smallest absolute Gasteiger partial charge is 0.259 e. The number of ether oxygens (including phenoxy) is 2. The summed E-state index contributed by atoms with van der Waals surface area (Å²) in [5.41, 5.74) is 3.50. The maximum absolute atomic E-state index is 13.5. The number of amidine groups is 2. The maximum Gasteiger partial charge on any atom is 0.259 e. The van der Waals surface area contributed by atoms with Crippen LogP contribution < -0.4 is 20.1 Å². The van der Waals surface area contributed by atoms with E-state index in [9.17, 15) is 14.4 Å². The first-order valence-electron chi connectivity index (χ1n) is 14.0. The average molecular weight is 600 g/mol. The number of hydrogen-bond donors (Lipinski definition) is 2. The van der Waals surface area contributed by atoms with Crippen LogP contribution in [0, 0.1) is 0 Å². The summed E-state index contributed by atoms with van der Waals surface area (Å²) in [4.78, 5) is 49.6. The highest BCUT2D eigenvalue weighted by molar-refractivity contribution is 8.14. The van der Waals surface area contributed by atoms with Gasteiger partial charge in [-0.2, -0.15) is 0 Å². The van der Waals surface area contributed by atoms with E-state index in [-0.39, 0.29) is 29.9 Å². The lowest BCUT2D eigenvalue weighted by Crippen LogP contribution is -2.42. The summed E-state index contributed by atoms with van der Waals surface area (Å²) in [6.45, 7) is 0.900. The molecule has 0 saturated carbocycles. The van der Waals surface area contributed by atoms with Crippen molar-refractivity contribution >= 4 is 46.2 Å². The van der Waals surface area contributed by atoms with E-state index in [4.69, 9.17) is 9.47 Å². The van der Waals surface area contributed by atoms with Gasteiger partial charge < -0.3 is 20.1 Å². The SMILES string of the molecule is COc1ccc(CCNC(=O)CSC2=Nc3ccccc3C3=N[C@@H](CC(=O)NCCc4ccccc4)C(=O)N23)cc1OC. The number of fused-ring (bicyclic) bond motifs is 3. The van der Waals surface area contributed by atoms with Gasteiger partial charge in [-0.15, -0.1) is 0 Å². The Morgan fingerprint density at radius 2 is 1.56 bits per heavy atom. The minimum atomic E-state index is -0.862. The summed E-state index contributed by atoms with van der Waals surface area (Å²) in [5, 5.41) is 6.18. The number of aliphatic imine (C=N–C) groups is 2. The van der Waals surface area contributed by atoms with E-state index in [2.05, 4.69) is 20.6 Å². The summed E-state index contributed by atoms with van der Waals surface area (Å²) in [6, 6.07) is 22.1. The third-order valence-electron chi connectivity index (χ3n) is 7.02. The lowest BCUT2D eigenvalue weighted by atomic mass is 10.1. The molecular weight excluding hydrogens is 566 g/mol. The number of thioether (sulfide) groups is 1. The summed E-state index contributed by atoms with van der Waals surface area (Å²) >= 11 is 1.16. The Kier molecular flexibility index (Phi) is 9.73. The van der Waals surface area contributed by atoms with Crippen molar-refractivity contribution in [2.24, 2.45) is 9.98 Å². The quantitative estimate of drug-likeness (QED) is 0.329. The topological polar surface area (TPSA) is 122 Å². The molecule has 2 heterocycles. The Labute approximate surface area is 254 Å². The first kappa shape index (κ1) is 29.8. The zero-order valence-electron chi connectivity index (χ0n) is 24.0. The Morgan fingerprint density at radius 1 is 0.860 bits per heavy atom. The second-order valence-corrected chi connectivity index (χ2v) is 10.9. The third kappa shape index (κ3) is 7.23. The van der Waals surface area contributed by atoms with Crippen LogP contribution >= 0.6 is 11.8 Å². The molecule has 2 aliphatic heterocycles. The highest BCUT2D eigenvalue weighted by atomic mass is 32.2. The number of para-hydroxylation sites is 1. The number of hydrogen-bond acceptors (Lipinski definition) is 8. The molecule has 2 N–H and O–H groups in total. The minimum absolute atomic E-state index is 0.0641. The number of carbonyl (C=O) groups is 3. The number of carbonyl (C=O) groups excluding carboxylic acids is 3. The van der Waals surface area contributed by atoms with Crippen LogP contribution in [0.2, 0.25) is 0 Å². The molecule has 5 rings (SSSR count). The van der Waals surface area contributed by atoms with Crippen molar-refractivity contribution in [1.82, 2.24) is 15.5 Å². The van der Waals surface area contributed by atoms with Crippen molar-refractivity contribution in [1.29, 1.82) is 0 Å². The summed E-state index contributed by atoms with van der Waals surface area (Å²) in [6.07, 6.45) is 1.25. The van der Waals surface area contributed by atoms with Gasteiger partial charge in [-0.1, -0.05) is 60.3 Å². The highest BCUT2D eigenvalue weighted by Gasteiger charge is 2.42. The second-order valence-electron chi connectivity index (χ2n) is 9.92. The fourth-order valence-electron chi connectivity index (χ4n) is 4.83. The van der Waals surface area contributed by atoms with E-state index >= 15 is 0 Å². The number of methoxy groups -OCH3 is 2. The van der Waals surface area contributed by atoms with Crippen molar-refractivity contribution in [2.45, 2.75) is 25.3 Å². The van der Waals surface area contributed by atoms with Gasteiger partial charge in [-0.25, -0.2) is 9.89 Å². The predicted molar refractivity (Wildman–Crippen MR) is 167 cm³/mol. The molecule has 222 valence electrons. The fourth-order valence-corrected chi connectivity index (χ4v) is 5.66. The molecule has 10 nitrogen and oxygen atoms in total. The van der Waals surface area contributed by atoms with Crippen molar-refractivity contribution in [3.8, 4) is 11.5 Å². The van der Waals surface area contributed by atoms with Crippen LogP contribution in [0.25, 0.3) is 0 Å². The Morgan fingerprint density at radius 3 is 2.33 bits per heavy atom. The van der Waals surface area contributed by atoms with Crippen LogP contribution in [0.4, 0.5) is 5.69 Å². The zero-order chi connectivity index (χ0) is 30.2. The first-order valence-corrected chi connectivity index (χ1v) is 15.0.